The molecule has 30 heavy (non-hydrogen) atoms. The van der Waals surface area contributed by atoms with Gasteiger partial charge in [0.25, 0.3) is 0 Å². The van der Waals surface area contributed by atoms with Crippen molar-refractivity contribution in [2.45, 2.75) is 0 Å². The third-order valence-corrected chi connectivity index (χ3v) is 6.21. The Morgan fingerprint density at radius 3 is 1.50 bits per heavy atom. The number of rotatable bonds is 0. The van der Waals surface area contributed by atoms with Crippen LogP contribution >= 0.6 is 0 Å². The van der Waals surface area contributed by atoms with Crippen LogP contribution in [0.2, 0.25) is 0 Å². The molecular weight excluding hydrogens is 364 g/mol. The summed E-state index contributed by atoms with van der Waals surface area (Å²) in [4.78, 5) is 4.53. The molecule has 0 saturated carbocycles. The van der Waals surface area contributed by atoms with Gasteiger partial charge in [0, 0.05) is 50.6 Å². The number of nitrogens with zero attached hydrogens (tertiary/aromatic N) is 2. The largest absolute Gasteiger partial charge is 0.302 e. The van der Waals surface area contributed by atoms with Gasteiger partial charge in [-0.15, -0.1) is 0 Å². The fraction of sp³-hybridized carbons (Fsp3) is 0.0714. The molecule has 4 aliphatic rings. The Morgan fingerprint density at radius 1 is 0.600 bits per heavy atom. The van der Waals surface area contributed by atoms with Gasteiger partial charge in [-0.25, -0.2) is 0 Å². The second-order valence-corrected chi connectivity index (χ2v) is 7.76. The molecule has 2 aromatic rings. The van der Waals surface area contributed by atoms with Crippen molar-refractivity contribution in [3.05, 3.63) is 131 Å². The van der Waals surface area contributed by atoms with Gasteiger partial charge in [-0.2, -0.15) is 0 Å². The molecule has 0 radical (unpaired) electrons. The minimum absolute atomic E-state index is 1.14. The smallest absolute Gasteiger partial charge is 0.190 e. The molecule has 2 nitrogen and oxygen atoms in total. The van der Waals surface area contributed by atoms with E-state index >= 15 is 0 Å². The third-order valence-electron chi connectivity index (χ3n) is 6.21. The predicted octanol–water partition coefficient (Wildman–Crippen LogP) is 5.86. The molecule has 0 amide bonds. The lowest BCUT2D eigenvalue weighted by molar-refractivity contribution is 1.07. The fourth-order valence-electron chi connectivity index (χ4n) is 4.82. The van der Waals surface area contributed by atoms with E-state index in [1.165, 1.54) is 45.0 Å². The first kappa shape index (κ1) is 16.9. The Balaban J connectivity index is 1.79. The Morgan fingerprint density at radius 2 is 1.03 bits per heavy atom. The van der Waals surface area contributed by atoms with Crippen LogP contribution < -0.4 is 9.80 Å². The van der Waals surface area contributed by atoms with Crippen molar-refractivity contribution in [1.82, 2.24) is 0 Å². The number of hydrogen-bond acceptors (Lipinski definition) is 2. The van der Waals surface area contributed by atoms with Gasteiger partial charge >= 0.3 is 0 Å². The van der Waals surface area contributed by atoms with Crippen molar-refractivity contribution in [1.29, 1.82) is 0 Å². The maximum Gasteiger partial charge on any atom is 0.190 e. The summed E-state index contributed by atoms with van der Waals surface area (Å²) in [6.07, 6.45) is 19.6. The van der Waals surface area contributed by atoms with Crippen LogP contribution in [0, 0.1) is 12.2 Å². The van der Waals surface area contributed by atoms with Crippen LogP contribution in [-0.4, -0.2) is 14.1 Å². The van der Waals surface area contributed by atoms with Crippen LogP contribution in [0.15, 0.2) is 108 Å². The first-order chi connectivity index (χ1) is 14.8. The van der Waals surface area contributed by atoms with Crippen molar-refractivity contribution >= 4 is 22.5 Å². The number of fused-ring (bicyclic) bond motifs is 4. The first-order valence-corrected chi connectivity index (χ1v) is 10.2. The highest BCUT2D eigenvalue weighted by atomic mass is 15.1. The van der Waals surface area contributed by atoms with Gasteiger partial charge in [-0.05, 0) is 24.3 Å². The normalized spacial score (nSPS) is 20.5. The number of hydrogen-bond donors (Lipinski definition) is 0. The molecule has 140 valence electrons. The Labute approximate surface area is 177 Å². The second-order valence-electron chi connectivity index (χ2n) is 7.76. The molecule has 2 heterocycles. The quantitative estimate of drug-likeness (QED) is 0.525. The Kier molecular flexibility index (Phi) is 3.54. The summed E-state index contributed by atoms with van der Waals surface area (Å²) < 4.78 is 0. The average molecular weight is 384 g/mol. The van der Waals surface area contributed by atoms with Gasteiger partial charge in [0.15, 0.2) is 11.1 Å². The molecule has 0 unspecified atom stereocenters. The van der Waals surface area contributed by atoms with Crippen LogP contribution in [0.3, 0.4) is 0 Å². The van der Waals surface area contributed by atoms with Gasteiger partial charge in [0.1, 0.15) is 22.5 Å². The molecule has 6 rings (SSSR count). The molecule has 0 spiro atoms. The van der Waals surface area contributed by atoms with E-state index in [2.05, 4.69) is 109 Å². The van der Waals surface area contributed by atoms with Crippen LogP contribution in [0.1, 0.15) is 11.1 Å². The highest BCUT2D eigenvalue weighted by Crippen LogP contribution is 2.52. The molecule has 2 heteroatoms. The number of benzene rings is 2. The van der Waals surface area contributed by atoms with E-state index in [-0.39, 0.29) is 0 Å². The summed E-state index contributed by atoms with van der Waals surface area (Å²) in [6.45, 7) is 0. The van der Waals surface area contributed by atoms with Crippen molar-refractivity contribution in [3.8, 4) is 0 Å². The lowest BCUT2D eigenvalue weighted by Crippen LogP contribution is -2.28. The fourth-order valence-corrected chi connectivity index (χ4v) is 4.82. The van der Waals surface area contributed by atoms with Gasteiger partial charge in [0.2, 0.25) is 0 Å². The van der Waals surface area contributed by atoms with E-state index in [0.29, 0.717) is 0 Å². The monoisotopic (exact) mass is 384 g/mol. The van der Waals surface area contributed by atoms with E-state index in [0.717, 1.165) is 11.1 Å². The van der Waals surface area contributed by atoms with Crippen LogP contribution in [0.5, 0.6) is 0 Å². The maximum atomic E-state index is 3.55. The number of likely N-dealkylation sites (N-methyl/N-ethyl adjacent to an activating group) is 2. The lowest BCUT2D eigenvalue weighted by Gasteiger charge is -2.32. The average Bonchev–Trinajstić information content (AvgIpc) is 2.81. The summed E-state index contributed by atoms with van der Waals surface area (Å²) in [6, 6.07) is 17.3. The molecule has 0 fully saturated rings. The summed E-state index contributed by atoms with van der Waals surface area (Å²) in [5.41, 5.74) is 11.9. The SMILES string of the molecule is CN1C2=CC=C[C+]=C2C(=C2C3=[C+]C=CC=C3N(C)c3ccccc32)c2ccccc21. The van der Waals surface area contributed by atoms with Crippen LogP contribution in [0.4, 0.5) is 11.4 Å². The minimum atomic E-state index is 1.14. The lowest BCUT2D eigenvalue weighted by atomic mass is 9.77. The minimum Gasteiger partial charge on any atom is -0.302 e. The van der Waals surface area contributed by atoms with Crippen molar-refractivity contribution in [2.24, 2.45) is 0 Å². The number of para-hydroxylation sites is 2. The van der Waals surface area contributed by atoms with Crippen molar-refractivity contribution in [2.75, 3.05) is 23.9 Å². The summed E-state index contributed by atoms with van der Waals surface area (Å²) in [5.74, 6) is 0. The summed E-state index contributed by atoms with van der Waals surface area (Å²) in [5, 5.41) is 0. The van der Waals surface area contributed by atoms with E-state index in [9.17, 15) is 0 Å². The van der Waals surface area contributed by atoms with E-state index in [1.807, 2.05) is 12.2 Å². The topological polar surface area (TPSA) is 6.48 Å². The molecule has 2 aromatic carbocycles. The van der Waals surface area contributed by atoms with Gasteiger partial charge in [-0.1, -0.05) is 24.3 Å². The van der Waals surface area contributed by atoms with Gasteiger partial charge < -0.3 is 9.80 Å². The standard InChI is InChI=1S/C28H20N2/c1-29-23-15-7-3-11-19(23)27(20-12-4-8-16-24(20)29)28-21-13-5-9-17-25(21)30(2)26-18-10-6-14-22(26)28/h3-11,13,15-18H,1-2H3/q+2. The molecular formula is C28H20N2+2. The summed E-state index contributed by atoms with van der Waals surface area (Å²) in [7, 11) is 4.27. The molecule has 2 aliphatic heterocycles. The third kappa shape index (κ3) is 2.21. The highest BCUT2D eigenvalue weighted by Gasteiger charge is 2.44. The molecule has 0 atom stereocenters. The van der Waals surface area contributed by atoms with Crippen LogP contribution in [-0.2, 0) is 0 Å². The molecule has 0 aromatic heterocycles. The first-order valence-electron chi connectivity index (χ1n) is 10.2. The zero-order valence-electron chi connectivity index (χ0n) is 17.0. The van der Waals surface area contributed by atoms with Gasteiger partial charge in [0.05, 0.1) is 34.7 Å². The molecule has 0 saturated heterocycles. The molecule has 0 bridgehead atoms. The number of anilines is 2. The van der Waals surface area contributed by atoms with E-state index in [4.69, 9.17) is 0 Å². The number of allylic oxidation sites excluding steroid dienone is 10. The zero-order valence-corrected chi connectivity index (χ0v) is 17.0. The predicted molar refractivity (Wildman–Crippen MR) is 124 cm³/mol. The maximum absolute atomic E-state index is 3.55. The van der Waals surface area contributed by atoms with Crippen molar-refractivity contribution in [3.63, 3.8) is 0 Å². The molecule has 2 aliphatic carbocycles. The second kappa shape index (κ2) is 6.27. The summed E-state index contributed by atoms with van der Waals surface area (Å²) >= 11 is 0. The zero-order chi connectivity index (χ0) is 20.2. The van der Waals surface area contributed by atoms with Crippen molar-refractivity contribution < 1.29 is 0 Å². The Bertz CT molecular complexity index is 1210. The van der Waals surface area contributed by atoms with Crippen LogP contribution in [0.25, 0.3) is 11.1 Å². The van der Waals surface area contributed by atoms with E-state index in [1.54, 1.807) is 0 Å². The molecule has 0 N–H and O–H groups in total. The van der Waals surface area contributed by atoms with E-state index < -0.39 is 0 Å². The Hall–Kier alpha value is -3.96. The highest BCUT2D eigenvalue weighted by molar-refractivity contribution is 6.14. The van der Waals surface area contributed by atoms with Gasteiger partial charge in [-0.3, -0.25) is 0 Å².